The van der Waals surface area contributed by atoms with Crippen LogP contribution in [-0.2, 0) is 11.2 Å². The van der Waals surface area contributed by atoms with Crippen LogP contribution in [0, 0.1) is 5.41 Å². The highest BCUT2D eigenvalue weighted by atomic mass is 35.5. The number of hydrogen-bond acceptors (Lipinski definition) is 4. The van der Waals surface area contributed by atoms with Crippen LogP contribution in [0.2, 0.25) is 0 Å². The van der Waals surface area contributed by atoms with Crippen molar-refractivity contribution in [2.45, 2.75) is 67.4 Å². The number of nitrogens with one attached hydrogen (secondary N) is 1. The first-order valence-electron chi connectivity index (χ1n) is 8.53. The molecule has 1 aromatic rings. The van der Waals surface area contributed by atoms with E-state index in [9.17, 15) is 4.79 Å². The van der Waals surface area contributed by atoms with Crippen LogP contribution in [0.1, 0.15) is 57.3 Å². The van der Waals surface area contributed by atoms with Gasteiger partial charge in [-0.05, 0) is 38.9 Å². The van der Waals surface area contributed by atoms with E-state index in [1.54, 1.807) is 11.8 Å². The number of carbonyl (C=O) groups is 1. The van der Waals surface area contributed by atoms with E-state index in [1.807, 2.05) is 13.2 Å². The number of rotatable bonds is 7. The van der Waals surface area contributed by atoms with Crippen molar-refractivity contribution in [2.75, 3.05) is 12.8 Å². The molecule has 5 nitrogen and oxygen atoms in total. The molecular weight excluding hydrogens is 367 g/mol. The third kappa shape index (κ3) is 3.42. The summed E-state index contributed by atoms with van der Waals surface area (Å²) < 4.78 is 1.40. The minimum atomic E-state index is -0.910. The summed E-state index contributed by atoms with van der Waals surface area (Å²) in [6, 6.07) is 0.533. The first-order chi connectivity index (χ1) is 11.4. The average Bonchev–Trinajstić information content (AvgIpc) is 3.01. The fourth-order valence-electron chi connectivity index (χ4n) is 3.44. The average molecular weight is 391 g/mol. The summed E-state index contributed by atoms with van der Waals surface area (Å²) in [7, 11) is 0. The van der Waals surface area contributed by atoms with Crippen LogP contribution in [0.5, 0.6) is 0 Å². The smallest absolute Gasteiger partial charge is 0.229 e. The molecule has 1 aromatic heterocycles. The summed E-state index contributed by atoms with van der Waals surface area (Å²) >= 11 is 13.7. The molecule has 2 fully saturated rings. The van der Waals surface area contributed by atoms with Crippen molar-refractivity contribution in [3.63, 3.8) is 0 Å². The standard InChI is InChI=1S/C16H24Cl2N4OS/c1-15(10-16(15,17)18)13(23)19-9-5-8-12-20-21-14(24-2)22(12)11-6-3-4-7-11/h11H,3-10H2,1-2H3,(H,19,23). The number of alkyl halides is 2. The lowest BCUT2D eigenvalue weighted by Crippen LogP contribution is -2.34. The predicted molar refractivity (Wildman–Crippen MR) is 97.8 cm³/mol. The molecule has 2 aliphatic rings. The van der Waals surface area contributed by atoms with Crippen molar-refractivity contribution in [1.29, 1.82) is 0 Å². The fourth-order valence-corrected chi connectivity index (χ4v) is 4.72. The second kappa shape index (κ2) is 7.04. The Morgan fingerprint density at radius 3 is 2.62 bits per heavy atom. The van der Waals surface area contributed by atoms with Gasteiger partial charge in [0.25, 0.3) is 0 Å². The molecule has 0 aromatic carbocycles. The Bertz CT molecular complexity index is 615. The first kappa shape index (κ1) is 18.3. The number of aromatic nitrogens is 3. The van der Waals surface area contributed by atoms with Gasteiger partial charge in [-0.25, -0.2) is 0 Å². The summed E-state index contributed by atoms with van der Waals surface area (Å²) in [4.78, 5) is 12.2. The molecule has 2 aliphatic carbocycles. The Kier molecular flexibility index (Phi) is 5.38. The van der Waals surface area contributed by atoms with Crippen LogP contribution >= 0.6 is 35.0 Å². The van der Waals surface area contributed by atoms with Crippen molar-refractivity contribution in [1.82, 2.24) is 20.1 Å². The lowest BCUT2D eigenvalue weighted by molar-refractivity contribution is -0.125. The van der Waals surface area contributed by atoms with E-state index in [1.165, 1.54) is 25.7 Å². The van der Waals surface area contributed by atoms with Gasteiger partial charge in [0.05, 0.1) is 5.41 Å². The van der Waals surface area contributed by atoms with Gasteiger partial charge in [0, 0.05) is 19.0 Å². The second-order valence-electron chi connectivity index (χ2n) is 6.98. The summed E-state index contributed by atoms with van der Waals surface area (Å²) in [6.45, 7) is 2.41. The topological polar surface area (TPSA) is 59.8 Å². The van der Waals surface area contributed by atoms with E-state index in [2.05, 4.69) is 20.1 Å². The third-order valence-electron chi connectivity index (χ3n) is 5.23. The van der Waals surface area contributed by atoms with Crippen molar-refractivity contribution in [3.8, 4) is 0 Å². The van der Waals surface area contributed by atoms with Gasteiger partial charge < -0.3 is 9.88 Å². The Morgan fingerprint density at radius 1 is 1.38 bits per heavy atom. The maximum Gasteiger partial charge on any atom is 0.229 e. The van der Waals surface area contributed by atoms with Gasteiger partial charge in [-0.15, -0.1) is 33.4 Å². The zero-order valence-electron chi connectivity index (χ0n) is 14.1. The molecule has 3 rings (SSSR count). The molecule has 1 atom stereocenters. The van der Waals surface area contributed by atoms with E-state index in [0.29, 0.717) is 19.0 Å². The largest absolute Gasteiger partial charge is 0.356 e. The summed E-state index contributed by atoms with van der Waals surface area (Å²) in [5.41, 5.74) is -0.647. The minimum absolute atomic E-state index is 0.0606. The van der Waals surface area contributed by atoms with Gasteiger partial charge in [0.2, 0.25) is 5.91 Å². The molecule has 1 unspecified atom stereocenters. The lowest BCUT2D eigenvalue weighted by Gasteiger charge is -2.16. The lowest BCUT2D eigenvalue weighted by atomic mass is 10.1. The van der Waals surface area contributed by atoms with Crippen LogP contribution in [0.4, 0.5) is 0 Å². The monoisotopic (exact) mass is 390 g/mol. The number of nitrogens with zero attached hydrogens (tertiary/aromatic N) is 3. The van der Waals surface area contributed by atoms with Gasteiger partial charge in [0.15, 0.2) is 5.16 Å². The maximum atomic E-state index is 12.2. The molecule has 0 spiro atoms. The van der Waals surface area contributed by atoms with Crippen molar-refractivity contribution >= 4 is 40.9 Å². The van der Waals surface area contributed by atoms with E-state index in [0.717, 1.165) is 23.8 Å². The van der Waals surface area contributed by atoms with E-state index in [-0.39, 0.29) is 5.91 Å². The fraction of sp³-hybridized carbons (Fsp3) is 0.812. The van der Waals surface area contributed by atoms with E-state index >= 15 is 0 Å². The molecule has 8 heteroatoms. The Labute approximate surface area is 157 Å². The van der Waals surface area contributed by atoms with Crippen LogP contribution < -0.4 is 5.32 Å². The molecule has 1 heterocycles. The molecule has 0 aliphatic heterocycles. The highest BCUT2D eigenvalue weighted by molar-refractivity contribution is 7.98. The zero-order chi connectivity index (χ0) is 17.4. The molecule has 1 amide bonds. The van der Waals surface area contributed by atoms with Crippen LogP contribution in [0.3, 0.4) is 0 Å². The Balaban J connectivity index is 1.52. The molecule has 0 bridgehead atoms. The van der Waals surface area contributed by atoms with Gasteiger partial charge in [0.1, 0.15) is 10.2 Å². The van der Waals surface area contributed by atoms with Crippen LogP contribution in [0.15, 0.2) is 5.16 Å². The number of carbonyl (C=O) groups excluding carboxylic acids is 1. The Morgan fingerprint density at radius 2 is 2.04 bits per heavy atom. The van der Waals surface area contributed by atoms with Crippen molar-refractivity contribution in [3.05, 3.63) is 5.82 Å². The summed E-state index contributed by atoms with van der Waals surface area (Å²) in [6.07, 6.45) is 9.18. The highest BCUT2D eigenvalue weighted by Gasteiger charge is 2.67. The molecule has 134 valence electrons. The number of thioether (sulfide) groups is 1. The summed E-state index contributed by atoms with van der Waals surface area (Å²) in [5, 5.41) is 12.6. The molecular formula is C16H24Cl2N4OS. The number of halogens is 2. The number of aryl methyl sites for hydroxylation is 1. The van der Waals surface area contributed by atoms with Crippen LogP contribution in [-0.4, -0.2) is 37.8 Å². The van der Waals surface area contributed by atoms with Crippen molar-refractivity contribution in [2.24, 2.45) is 5.41 Å². The zero-order valence-corrected chi connectivity index (χ0v) is 16.5. The quantitative estimate of drug-likeness (QED) is 0.437. The van der Waals surface area contributed by atoms with Crippen molar-refractivity contribution < 1.29 is 4.79 Å². The van der Waals surface area contributed by atoms with E-state index in [4.69, 9.17) is 23.2 Å². The van der Waals surface area contributed by atoms with Gasteiger partial charge in [-0.2, -0.15) is 0 Å². The van der Waals surface area contributed by atoms with Crippen LogP contribution in [0.25, 0.3) is 0 Å². The van der Waals surface area contributed by atoms with Gasteiger partial charge >= 0.3 is 0 Å². The third-order valence-corrected chi connectivity index (χ3v) is 6.97. The number of amides is 1. The summed E-state index contributed by atoms with van der Waals surface area (Å²) in [5.74, 6) is 0.969. The highest BCUT2D eigenvalue weighted by Crippen LogP contribution is 2.63. The minimum Gasteiger partial charge on any atom is -0.356 e. The Hall–Kier alpha value is -0.460. The number of hydrogen-bond donors (Lipinski definition) is 1. The van der Waals surface area contributed by atoms with Gasteiger partial charge in [-0.3, -0.25) is 4.79 Å². The molecule has 1 N–H and O–H groups in total. The molecule has 24 heavy (non-hydrogen) atoms. The van der Waals surface area contributed by atoms with E-state index < -0.39 is 9.75 Å². The van der Waals surface area contributed by atoms with Gasteiger partial charge in [-0.1, -0.05) is 24.6 Å². The first-order valence-corrected chi connectivity index (χ1v) is 10.5. The maximum absolute atomic E-state index is 12.2. The molecule has 0 radical (unpaired) electrons. The second-order valence-corrected chi connectivity index (χ2v) is 9.24. The predicted octanol–water partition coefficient (Wildman–Crippen LogP) is 3.75. The normalized spacial score (nSPS) is 25.8. The SMILES string of the molecule is CSc1nnc(CCCNC(=O)C2(C)CC2(Cl)Cl)n1C1CCCC1. The molecule has 2 saturated carbocycles. The molecule has 0 saturated heterocycles.